The molecule has 0 aliphatic heterocycles. The Hall–Kier alpha value is -3.76. The van der Waals surface area contributed by atoms with Crippen LogP contribution in [-0.2, 0) is 12.1 Å². The van der Waals surface area contributed by atoms with E-state index in [1.165, 1.54) is 61.4 Å². The normalized spacial score (nSPS) is 13.1. The minimum atomic E-state index is -6.07. The van der Waals surface area contributed by atoms with E-state index in [4.69, 9.17) is 10.00 Å². The van der Waals surface area contributed by atoms with Crippen LogP contribution >= 0.6 is 27.5 Å². The summed E-state index contributed by atoms with van der Waals surface area (Å²) in [6, 6.07) is 13.3. The molecule has 3 aromatic rings. The second-order valence-corrected chi connectivity index (χ2v) is 10.4. The van der Waals surface area contributed by atoms with Crippen LogP contribution < -0.4 is 15.0 Å². The highest BCUT2D eigenvalue weighted by molar-refractivity contribution is 9.10. The number of hydrogen-bond donors (Lipinski definition) is 1. The molecule has 228 valence electrons. The third-order valence-corrected chi connectivity index (χ3v) is 7.41. The summed E-state index contributed by atoms with van der Waals surface area (Å²) in [4.78, 5) is 28.1. The lowest BCUT2D eigenvalue weighted by Gasteiger charge is -2.32. The molecule has 0 saturated heterocycles. The van der Waals surface area contributed by atoms with E-state index >= 15 is 0 Å². The average molecular weight is 691 g/mol. The second kappa shape index (κ2) is 12.9. The fourth-order valence-corrected chi connectivity index (χ4v) is 5.16. The molecule has 14 heteroatoms. The molecule has 1 atom stereocenters. The predicted molar refractivity (Wildman–Crippen MR) is 153 cm³/mol. The summed E-state index contributed by atoms with van der Waals surface area (Å²) in [7, 11) is 1.27. The number of ether oxygens (including phenoxy) is 1. The van der Waals surface area contributed by atoms with Crippen molar-refractivity contribution in [1.29, 1.82) is 5.26 Å². The molecule has 3 aromatic carbocycles. The summed E-state index contributed by atoms with van der Waals surface area (Å²) in [5.41, 5.74) is -6.13. The van der Waals surface area contributed by atoms with E-state index in [0.29, 0.717) is 17.7 Å². The van der Waals surface area contributed by atoms with E-state index in [9.17, 15) is 35.9 Å². The molecular formula is C29H23BrClF6N3O3. The van der Waals surface area contributed by atoms with Gasteiger partial charge in [0.2, 0.25) is 0 Å². The fourth-order valence-electron chi connectivity index (χ4n) is 4.35. The molecule has 0 aromatic heterocycles. The number of nitriles is 1. The first-order chi connectivity index (χ1) is 20.0. The van der Waals surface area contributed by atoms with Crippen molar-refractivity contribution in [1.82, 2.24) is 0 Å². The lowest BCUT2D eigenvalue weighted by molar-refractivity contribution is -0.286. The highest BCUT2D eigenvalue weighted by atomic mass is 79.9. The molecule has 0 heterocycles. The number of carbonyl (C=O) groups is 2. The molecule has 2 amide bonds. The van der Waals surface area contributed by atoms with Gasteiger partial charge in [0, 0.05) is 22.1 Å². The summed E-state index contributed by atoms with van der Waals surface area (Å²) >= 11 is 7.57. The van der Waals surface area contributed by atoms with Crippen molar-refractivity contribution in [3.63, 3.8) is 0 Å². The molecule has 3 rings (SSSR count). The monoisotopic (exact) mass is 689 g/mol. The Kier molecular flexibility index (Phi) is 10.1. The molecule has 1 N–H and O–H groups in total. The lowest BCUT2D eigenvalue weighted by Crippen LogP contribution is -2.49. The Morgan fingerprint density at radius 2 is 1.67 bits per heavy atom. The van der Waals surface area contributed by atoms with E-state index in [0.717, 1.165) is 0 Å². The van der Waals surface area contributed by atoms with E-state index < -0.39 is 34.6 Å². The van der Waals surface area contributed by atoms with Crippen molar-refractivity contribution in [2.75, 3.05) is 23.9 Å². The van der Waals surface area contributed by atoms with Gasteiger partial charge in [-0.2, -0.15) is 27.2 Å². The topological polar surface area (TPSA) is 82.4 Å². The van der Waals surface area contributed by atoms with E-state index in [-0.39, 0.29) is 51.3 Å². The Balaban J connectivity index is 2.05. The van der Waals surface area contributed by atoms with Crippen LogP contribution in [0.5, 0.6) is 5.75 Å². The number of nitrogens with zero attached hydrogens (tertiary/aromatic N) is 2. The number of aryl methyl sites for hydroxylation is 1. The van der Waals surface area contributed by atoms with Gasteiger partial charge in [-0.15, -0.1) is 0 Å². The van der Waals surface area contributed by atoms with Crippen LogP contribution in [0.2, 0.25) is 0 Å². The molecule has 0 bridgehead atoms. The largest absolute Gasteiger partial charge is 0.494 e. The number of hydrogen-bond acceptors (Lipinski definition) is 4. The third kappa shape index (κ3) is 6.45. The number of benzene rings is 3. The number of para-hydroxylation sites is 1. The van der Waals surface area contributed by atoms with Gasteiger partial charge < -0.3 is 15.0 Å². The van der Waals surface area contributed by atoms with E-state index in [1.54, 1.807) is 6.92 Å². The maximum atomic E-state index is 15.0. The minimum absolute atomic E-state index is 0.0173. The van der Waals surface area contributed by atoms with Gasteiger partial charge in [0.15, 0.2) is 5.75 Å². The van der Waals surface area contributed by atoms with Crippen molar-refractivity contribution in [3.8, 4) is 11.8 Å². The predicted octanol–water partition coefficient (Wildman–Crippen LogP) is 8.37. The summed E-state index contributed by atoms with van der Waals surface area (Å²) in [5.74, 6) is -1.30. The number of amides is 2. The first-order valence-electron chi connectivity index (χ1n) is 12.5. The Bertz CT molecular complexity index is 1560. The SMILES string of the molecule is CCc1cc(C(F)(C(F)(F)F)C(F)(F)Cl)cc(Br)c1NC(=O)c1cccc(N(CC)C(=O)c2ccc(C#N)cc2)c1OC. The molecule has 0 saturated carbocycles. The van der Waals surface area contributed by atoms with Gasteiger partial charge in [-0.05, 0) is 95.0 Å². The molecule has 0 fully saturated rings. The van der Waals surface area contributed by atoms with Crippen molar-refractivity contribution in [2.45, 2.75) is 37.5 Å². The van der Waals surface area contributed by atoms with Crippen molar-refractivity contribution in [3.05, 3.63) is 86.9 Å². The highest BCUT2D eigenvalue weighted by Crippen LogP contribution is 2.55. The minimum Gasteiger partial charge on any atom is -0.494 e. The number of alkyl halides is 7. The molecule has 1 unspecified atom stereocenters. The maximum Gasteiger partial charge on any atom is 0.434 e. The summed E-state index contributed by atoms with van der Waals surface area (Å²) in [6.45, 7) is 3.31. The summed E-state index contributed by atoms with van der Waals surface area (Å²) < 4.78 is 88.3. The standard InChI is InChI=1S/C29H23BrClF6N3O3/c1-4-17-13-19(27(32,28(31,33)34)29(35,36)37)14-21(30)23(17)39-25(41)20-7-6-8-22(24(20)43-3)40(5-2)26(42)18-11-9-16(15-38)10-12-18/h6-14H,4-5H2,1-3H3,(H,39,41). The summed E-state index contributed by atoms with van der Waals surface area (Å²) in [6.07, 6.45) is -6.16. The van der Waals surface area contributed by atoms with Crippen LogP contribution in [0, 0.1) is 11.3 Å². The van der Waals surface area contributed by atoms with Crippen LogP contribution in [0.3, 0.4) is 0 Å². The number of carbonyl (C=O) groups excluding carboxylic acids is 2. The number of methoxy groups -OCH3 is 1. The zero-order chi connectivity index (χ0) is 32.3. The fraction of sp³-hybridized carbons (Fsp3) is 0.276. The van der Waals surface area contributed by atoms with E-state index in [2.05, 4.69) is 32.8 Å². The van der Waals surface area contributed by atoms with Gasteiger partial charge >= 0.3 is 17.2 Å². The van der Waals surface area contributed by atoms with Gasteiger partial charge in [0.05, 0.1) is 35.7 Å². The first-order valence-corrected chi connectivity index (χ1v) is 13.7. The summed E-state index contributed by atoms with van der Waals surface area (Å²) in [5, 5.41) is 6.19. The number of halogens is 8. The quantitative estimate of drug-likeness (QED) is 0.181. The van der Waals surface area contributed by atoms with Crippen LogP contribution in [0.25, 0.3) is 0 Å². The molecule has 0 aliphatic rings. The van der Waals surface area contributed by atoms with Crippen molar-refractivity contribution < 1.29 is 40.7 Å². The highest BCUT2D eigenvalue weighted by Gasteiger charge is 2.72. The Morgan fingerprint density at radius 3 is 2.16 bits per heavy atom. The zero-order valence-corrected chi connectivity index (χ0v) is 25.1. The molecule has 0 spiro atoms. The van der Waals surface area contributed by atoms with Gasteiger partial charge in [-0.3, -0.25) is 9.59 Å². The van der Waals surface area contributed by atoms with Gasteiger partial charge in [-0.25, -0.2) is 4.39 Å². The second-order valence-electron chi connectivity index (χ2n) is 9.05. The molecule has 0 radical (unpaired) electrons. The Labute approximate surface area is 256 Å². The molecular weight excluding hydrogens is 668 g/mol. The number of rotatable bonds is 9. The molecule has 43 heavy (non-hydrogen) atoms. The lowest BCUT2D eigenvalue weighted by atomic mass is 9.92. The van der Waals surface area contributed by atoms with E-state index in [1.807, 2.05) is 6.07 Å². The third-order valence-electron chi connectivity index (χ3n) is 6.53. The zero-order valence-electron chi connectivity index (χ0n) is 22.8. The van der Waals surface area contributed by atoms with Gasteiger partial charge in [0.1, 0.15) is 0 Å². The van der Waals surface area contributed by atoms with Gasteiger partial charge in [0.25, 0.3) is 11.8 Å². The number of anilines is 2. The van der Waals surface area contributed by atoms with Crippen LogP contribution in [-0.4, -0.2) is 37.0 Å². The smallest absolute Gasteiger partial charge is 0.434 e. The van der Waals surface area contributed by atoms with Gasteiger partial charge in [-0.1, -0.05) is 13.0 Å². The van der Waals surface area contributed by atoms with Crippen molar-refractivity contribution in [2.24, 2.45) is 0 Å². The maximum absolute atomic E-state index is 15.0. The first kappa shape index (κ1) is 33.7. The average Bonchev–Trinajstić information content (AvgIpc) is 2.96. The number of nitrogens with one attached hydrogen (secondary N) is 1. The Morgan fingerprint density at radius 1 is 1.05 bits per heavy atom. The van der Waals surface area contributed by atoms with Crippen LogP contribution in [0.4, 0.5) is 37.7 Å². The van der Waals surface area contributed by atoms with Crippen LogP contribution in [0.15, 0.2) is 59.1 Å². The molecule has 6 nitrogen and oxygen atoms in total. The molecule has 0 aliphatic carbocycles. The van der Waals surface area contributed by atoms with Crippen LogP contribution in [0.1, 0.15) is 51.3 Å². The van der Waals surface area contributed by atoms with Crippen molar-refractivity contribution >= 4 is 50.7 Å².